The highest BCUT2D eigenvalue weighted by atomic mass is 14.5. The predicted molar refractivity (Wildman–Crippen MR) is 97.2 cm³/mol. The van der Waals surface area contributed by atoms with Gasteiger partial charge in [-0.2, -0.15) is 0 Å². The van der Waals surface area contributed by atoms with Crippen LogP contribution >= 0.6 is 0 Å². The Kier molecular flexibility index (Phi) is 12.1. The quantitative estimate of drug-likeness (QED) is 0.303. The molecule has 0 aliphatic heterocycles. The zero-order chi connectivity index (χ0) is 16.0. The Bertz CT molecular complexity index is 300. The topological polar surface area (TPSA) is 26.0 Å². The Balaban J connectivity index is 4.77. The van der Waals surface area contributed by atoms with Gasteiger partial charge < -0.3 is 5.73 Å². The summed E-state index contributed by atoms with van der Waals surface area (Å²) >= 11 is 0. The summed E-state index contributed by atoms with van der Waals surface area (Å²) < 4.78 is 0. The maximum Gasteiger partial charge on any atom is -0.00594 e. The van der Waals surface area contributed by atoms with Crippen molar-refractivity contribution in [3.63, 3.8) is 0 Å². The molecule has 0 fully saturated rings. The first-order chi connectivity index (χ1) is 10.1. The van der Waals surface area contributed by atoms with Crippen LogP contribution in [0.5, 0.6) is 0 Å². The van der Waals surface area contributed by atoms with Crippen molar-refractivity contribution in [1.29, 1.82) is 0 Å². The molecule has 2 N–H and O–H groups in total. The van der Waals surface area contributed by atoms with E-state index in [0.717, 1.165) is 0 Å². The third-order valence-corrected chi connectivity index (χ3v) is 4.43. The molecule has 0 aliphatic rings. The summed E-state index contributed by atoms with van der Waals surface area (Å²) in [5.74, 6) is 0. The molecule has 0 bridgehead atoms. The molecule has 0 radical (unpaired) electrons. The van der Waals surface area contributed by atoms with Crippen LogP contribution in [0, 0.1) is 5.41 Å². The Morgan fingerprint density at radius 1 is 0.952 bits per heavy atom. The summed E-state index contributed by atoms with van der Waals surface area (Å²) in [5.41, 5.74) is 7.24. The van der Waals surface area contributed by atoms with Gasteiger partial charge in [0.25, 0.3) is 0 Å². The van der Waals surface area contributed by atoms with E-state index in [1.54, 1.807) is 6.20 Å². The van der Waals surface area contributed by atoms with E-state index in [1.807, 2.05) is 6.08 Å². The summed E-state index contributed by atoms with van der Waals surface area (Å²) in [5, 5.41) is 0. The summed E-state index contributed by atoms with van der Waals surface area (Å²) in [6, 6.07) is 0. The first-order valence-electron chi connectivity index (χ1n) is 8.86. The molecule has 21 heavy (non-hydrogen) atoms. The van der Waals surface area contributed by atoms with Crippen LogP contribution in [0.2, 0.25) is 0 Å². The molecule has 0 heterocycles. The van der Waals surface area contributed by atoms with E-state index in [-0.39, 0.29) is 5.41 Å². The average molecular weight is 292 g/mol. The van der Waals surface area contributed by atoms with Gasteiger partial charge in [-0.15, -0.1) is 0 Å². The van der Waals surface area contributed by atoms with Gasteiger partial charge in [-0.1, -0.05) is 90.9 Å². The van der Waals surface area contributed by atoms with E-state index in [0.29, 0.717) is 0 Å². The molecule has 0 rings (SSSR count). The van der Waals surface area contributed by atoms with E-state index in [4.69, 9.17) is 5.73 Å². The first kappa shape index (κ1) is 20.0. The average Bonchev–Trinajstić information content (AvgIpc) is 2.48. The molecule has 1 nitrogen and oxygen atoms in total. The molecular weight excluding hydrogens is 254 g/mol. The zero-order valence-corrected chi connectivity index (χ0v) is 14.7. The smallest absolute Gasteiger partial charge is 0.00594 e. The maximum atomic E-state index is 5.65. The summed E-state index contributed by atoms with van der Waals surface area (Å²) in [6.45, 7) is 10.8. The van der Waals surface area contributed by atoms with Gasteiger partial charge in [-0.3, -0.25) is 0 Å². The molecule has 0 saturated heterocycles. The highest BCUT2D eigenvalue weighted by Crippen LogP contribution is 2.39. The third kappa shape index (κ3) is 8.80. The monoisotopic (exact) mass is 291 g/mol. The predicted octanol–water partition coefficient (Wildman–Crippen LogP) is 6.52. The highest BCUT2D eigenvalue weighted by molar-refractivity contribution is 5.29. The standard InChI is InChI=1S/C20H37N/c1-5-8-10-12-16-20(4,17-13-11-9-6-2)19(14-7-3)15-18-21/h7,14-15,18H,3,5-6,8-13,16-17,21H2,1-2,4H3/b18-15-,19-14+. The molecule has 122 valence electrons. The van der Waals surface area contributed by atoms with Crippen molar-refractivity contribution in [3.8, 4) is 0 Å². The number of nitrogens with two attached hydrogens (primary N) is 1. The van der Waals surface area contributed by atoms with E-state index in [9.17, 15) is 0 Å². The van der Waals surface area contributed by atoms with Crippen molar-refractivity contribution in [1.82, 2.24) is 0 Å². The molecule has 0 aliphatic carbocycles. The van der Waals surface area contributed by atoms with Crippen LogP contribution in [0.3, 0.4) is 0 Å². The van der Waals surface area contributed by atoms with Crippen LogP contribution in [-0.4, -0.2) is 0 Å². The zero-order valence-electron chi connectivity index (χ0n) is 14.7. The fraction of sp³-hybridized carbons (Fsp3) is 0.700. The minimum atomic E-state index is 0.242. The van der Waals surface area contributed by atoms with E-state index in [2.05, 4.69) is 39.5 Å². The number of hydrogen-bond acceptors (Lipinski definition) is 1. The molecule has 0 aromatic heterocycles. The van der Waals surface area contributed by atoms with Crippen LogP contribution in [-0.2, 0) is 0 Å². The minimum Gasteiger partial charge on any atom is -0.405 e. The molecular formula is C20H37N. The normalized spacial score (nSPS) is 13.0. The van der Waals surface area contributed by atoms with Crippen molar-refractivity contribution in [2.75, 3.05) is 0 Å². The lowest BCUT2D eigenvalue weighted by molar-refractivity contribution is 0.314. The van der Waals surface area contributed by atoms with Gasteiger partial charge in [-0.05, 0) is 36.1 Å². The molecule has 0 saturated carbocycles. The van der Waals surface area contributed by atoms with E-state index >= 15 is 0 Å². The molecule has 0 unspecified atom stereocenters. The number of unbranched alkanes of at least 4 members (excludes halogenated alkanes) is 6. The Morgan fingerprint density at radius 3 is 1.86 bits per heavy atom. The van der Waals surface area contributed by atoms with Gasteiger partial charge in [-0.25, -0.2) is 0 Å². The number of rotatable bonds is 13. The second-order valence-electron chi connectivity index (χ2n) is 6.40. The van der Waals surface area contributed by atoms with Crippen LogP contribution < -0.4 is 5.73 Å². The second kappa shape index (κ2) is 12.7. The van der Waals surface area contributed by atoms with E-state index < -0.39 is 0 Å². The second-order valence-corrected chi connectivity index (χ2v) is 6.40. The lowest BCUT2D eigenvalue weighted by Gasteiger charge is -2.31. The molecule has 0 aromatic carbocycles. The van der Waals surface area contributed by atoms with Gasteiger partial charge in [0.2, 0.25) is 0 Å². The molecule has 0 aromatic rings. The van der Waals surface area contributed by atoms with Crippen molar-refractivity contribution < 1.29 is 0 Å². The summed E-state index contributed by atoms with van der Waals surface area (Å²) in [6.07, 6.45) is 20.9. The third-order valence-electron chi connectivity index (χ3n) is 4.43. The SMILES string of the molecule is C=C/C=C(\C=C/N)C(C)(CCCCCC)CCCCCC. The van der Waals surface area contributed by atoms with Crippen LogP contribution in [0.1, 0.15) is 85.0 Å². The van der Waals surface area contributed by atoms with E-state index in [1.165, 1.54) is 69.8 Å². The van der Waals surface area contributed by atoms with Gasteiger partial charge in [0.15, 0.2) is 0 Å². The van der Waals surface area contributed by atoms with Crippen molar-refractivity contribution in [2.45, 2.75) is 85.0 Å². The Hall–Kier alpha value is -0.980. The van der Waals surface area contributed by atoms with Gasteiger partial charge >= 0.3 is 0 Å². The molecule has 1 heteroatoms. The number of hydrogen-bond donors (Lipinski definition) is 1. The Labute approximate surface area is 133 Å². The highest BCUT2D eigenvalue weighted by Gasteiger charge is 2.26. The summed E-state index contributed by atoms with van der Waals surface area (Å²) in [4.78, 5) is 0. The minimum absolute atomic E-state index is 0.242. The van der Waals surface area contributed by atoms with Crippen molar-refractivity contribution in [2.24, 2.45) is 11.1 Å². The lowest BCUT2D eigenvalue weighted by Crippen LogP contribution is -2.19. The maximum absolute atomic E-state index is 5.65. The van der Waals surface area contributed by atoms with Gasteiger partial charge in [0.1, 0.15) is 0 Å². The largest absolute Gasteiger partial charge is 0.405 e. The van der Waals surface area contributed by atoms with Crippen LogP contribution in [0.4, 0.5) is 0 Å². The molecule has 0 spiro atoms. The lowest BCUT2D eigenvalue weighted by atomic mass is 9.73. The fourth-order valence-corrected chi connectivity index (χ4v) is 2.99. The van der Waals surface area contributed by atoms with Crippen LogP contribution in [0.25, 0.3) is 0 Å². The van der Waals surface area contributed by atoms with Crippen molar-refractivity contribution in [3.05, 3.63) is 36.6 Å². The first-order valence-corrected chi connectivity index (χ1v) is 8.86. The van der Waals surface area contributed by atoms with Gasteiger partial charge in [0.05, 0.1) is 0 Å². The summed E-state index contributed by atoms with van der Waals surface area (Å²) in [7, 11) is 0. The molecule has 0 amide bonds. The Morgan fingerprint density at radius 2 is 1.48 bits per heavy atom. The van der Waals surface area contributed by atoms with Crippen molar-refractivity contribution >= 4 is 0 Å². The fourth-order valence-electron chi connectivity index (χ4n) is 2.99. The van der Waals surface area contributed by atoms with Crippen LogP contribution in [0.15, 0.2) is 36.6 Å². The van der Waals surface area contributed by atoms with Gasteiger partial charge in [0, 0.05) is 0 Å². The number of allylic oxidation sites excluding steroid dienone is 4. The molecule has 0 atom stereocenters.